The maximum atomic E-state index is 10.9. The average Bonchev–Trinajstić information content (AvgIpc) is 2.10. The molecule has 0 bridgehead atoms. The van der Waals surface area contributed by atoms with E-state index in [-0.39, 0.29) is 10.7 Å². The quantitative estimate of drug-likeness (QED) is 0.576. The molecule has 0 aliphatic carbocycles. The number of anilines is 1. The first-order valence-corrected chi connectivity index (χ1v) is 6.79. The molecule has 0 fully saturated rings. The minimum atomic E-state index is -4.41. The zero-order valence-corrected chi connectivity index (χ0v) is 10.4. The fraction of sp³-hybridized carbons (Fsp3) is 0.143. The Balaban J connectivity index is 3.39. The van der Waals surface area contributed by atoms with Gasteiger partial charge in [-0.15, -0.1) is 0 Å². The van der Waals surface area contributed by atoms with E-state index in [0.29, 0.717) is 5.56 Å². The molecule has 0 aromatic heterocycles. The van der Waals surface area contributed by atoms with Crippen molar-refractivity contribution in [3.8, 4) is 0 Å². The summed E-state index contributed by atoms with van der Waals surface area (Å²) in [6.07, 6.45) is 0. The monoisotopic (exact) mass is 285 g/mol. The van der Waals surface area contributed by atoms with Gasteiger partial charge >= 0.3 is 0 Å². The molecule has 0 saturated carbocycles. The molecule has 16 heavy (non-hydrogen) atoms. The van der Waals surface area contributed by atoms with Crippen molar-refractivity contribution < 1.29 is 21.7 Å². The van der Waals surface area contributed by atoms with Crippen molar-refractivity contribution in [1.29, 1.82) is 0 Å². The number of hydrogen-bond acceptors (Lipinski definition) is 3. The van der Waals surface area contributed by atoms with Crippen LogP contribution in [0.25, 0.3) is 0 Å². The van der Waals surface area contributed by atoms with Crippen LogP contribution in [0.4, 0.5) is 5.69 Å². The summed E-state index contributed by atoms with van der Waals surface area (Å²) < 4.78 is 51.8. The molecule has 1 rings (SSSR count). The van der Waals surface area contributed by atoms with Gasteiger partial charge in [0.15, 0.2) is 0 Å². The lowest BCUT2D eigenvalue weighted by molar-refractivity contribution is 0.483. The topological polar surface area (TPSA) is 104 Å². The molecule has 1 atom stereocenters. The Morgan fingerprint density at radius 1 is 1.44 bits per heavy atom. The van der Waals surface area contributed by atoms with E-state index in [1.165, 1.54) is 6.92 Å². The molecular weight excluding hydrogens is 278 g/mol. The molecule has 0 radical (unpaired) electrons. The lowest BCUT2D eigenvalue weighted by atomic mass is 10.2. The van der Waals surface area contributed by atoms with Gasteiger partial charge in [0.1, 0.15) is 0 Å². The first-order valence-electron chi connectivity index (χ1n) is 3.87. The highest BCUT2D eigenvalue weighted by molar-refractivity contribution is 7.85. The zero-order valence-electron chi connectivity index (χ0n) is 7.97. The highest BCUT2D eigenvalue weighted by atomic mass is 35.5. The van der Waals surface area contributed by atoms with E-state index in [9.17, 15) is 12.6 Å². The van der Waals surface area contributed by atoms with E-state index in [1.807, 2.05) is 0 Å². The van der Waals surface area contributed by atoms with Crippen LogP contribution in [0, 0.1) is 6.92 Å². The van der Waals surface area contributed by atoms with Gasteiger partial charge in [-0.25, -0.2) is 4.21 Å². The largest absolute Gasteiger partial charge is 0.294 e. The Bertz CT molecular complexity index is 542. The van der Waals surface area contributed by atoms with Gasteiger partial charge in [-0.1, -0.05) is 11.6 Å². The van der Waals surface area contributed by atoms with Gasteiger partial charge in [0.25, 0.3) is 21.4 Å². The van der Waals surface area contributed by atoms with Crippen molar-refractivity contribution >= 4 is 38.7 Å². The summed E-state index contributed by atoms with van der Waals surface area (Å²) in [6, 6.07) is 2.07. The SMILES string of the molecule is Cc1c(Cl)cc(S(=O)(=O)O)cc1NS(=O)O. The molecule has 1 aromatic rings. The lowest BCUT2D eigenvalue weighted by Gasteiger charge is -2.09. The predicted molar refractivity (Wildman–Crippen MR) is 60.4 cm³/mol. The van der Waals surface area contributed by atoms with Crippen LogP contribution in [0.3, 0.4) is 0 Å². The minimum absolute atomic E-state index is 0.0564. The molecule has 9 heteroatoms. The van der Waals surface area contributed by atoms with Gasteiger partial charge in [0.05, 0.1) is 10.6 Å². The van der Waals surface area contributed by atoms with E-state index < -0.39 is 26.3 Å². The fourth-order valence-electron chi connectivity index (χ4n) is 1.00. The van der Waals surface area contributed by atoms with E-state index in [4.69, 9.17) is 20.7 Å². The molecule has 1 aromatic carbocycles. The van der Waals surface area contributed by atoms with Crippen LogP contribution in [0.15, 0.2) is 17.0 Å². The number of rotatable bonds is 3. The van der Waals surface area contributed by atoms with Crippen molar-refractivity contribution in [3.63, 3.8) is 0 Å². The fourth-order valence-corrected chi connectivity index (χ4v) is 2.22. The van der Waals surface area contributed by atoms with Crippen molar-refractivity contribution in [3.05, 3.63) is 22.7 Å². The standard InChI is InChI=1S/C7H8ClNO5S2/c1-4-6(8)2-5(16(12,13)14)3-7(4)9-15(10)11/h2-3,9H,1H3,(H,10,11)(H,12,13,14). The van der Waals surface area contributed by atoms with Gasteiger partial charge in [0.2, 0.25) is 0 Å². The maximum Gasteiger partial charge on any atom is 0.294 e. The van der Waals surface area contributed by atoms with Crippen LogP contribution in [-0.4, -0.2) is 21.7 Å². The van der Waals surface area contributed by atoms with Gasteiger partial charge in [-0.2, -0.15) is 8.42 Å². The average molecular weight is 286 g/mol. The van der Waals surface area contributed by atoms with Crippen LogP contribution in [0.2, 0.25) is 5.02 Å². The Morgan fingerprint density at radius 2 is 2.00 bits per heavy atom. The summed E-state index contributed by atoms with van der Waals surface area (Å²) in [5.41, 5.74) is 0.456. The first-order chi connectivity index (χ1) is 7.21. The normalized spacial score (nSPS) is 13.5. The van der Waals surface area contributed by atoms with Crippen LogP contribution in [0.5, 0.6) is 0 Å². The summed E-state index contributed by atoms with van der Waals surface area (Å²) in [5, 5.41) is 0.0584. The van der Waals surface area contributed by atoms with Crippen LogP contribution in [-0.2, 0) is 21.4 Å². The van der Waals surface area contributed by atoms with Crippen molar-refractivity contribution in [1.82, 2.24) is 0 Å². The van der Waals surface area contributed by atoms with Crippen LogP contribution >= 0.6 is 11.6 Å². The second-order valence-corrected chi connectivity index (χ2v) is 5.44. The number of halogens is 1. The minimum Gasteiger partial charge on any atom is -0.289 e. The molecule has 0 saturated heterocycles. The highest BCUT2D eigenvalue weighted by Gasteiger charge is 2.15. The number of benzene rings is 1. The van der Waals surface area contributed by atoms with E-state index in [2.05, 4.69) is 4.72 Å². The first kappa shape index (κ1) is 13.4. The summed E-state index contributed by atoms with van der Waals surface area (Å²) in [4.78, 5) is -0.448. The molecule has 0 aliphatic rings. The predicted octanol–water partition coefficient (Wildman–Crippen LogP) is 1.44. The summed E-state index contributed by atoms with van der Waals surface area (Å²) in [7, 11) is -4.41. The number of nitrogens with one attached hydrogen (secondary N) is 1. The van der Waals surface area contributed by atoms with Gasteiger partial charge in [-0.3, -0.25) is 13.8 Å². The molecular formula is C7H8ClNO5S2. The van der Waals surface area contributed by atoms with Gasteiger partial charge < -0.3 is 0 Å². The summed E-state index contributed by atoms with van der Waals surface area (Å²) in [6.45, 7) is 1.53. The Hall–Kier alpha value is -0.670. The van der Waals surface area contributed by atoms with E-state index >= 15 is 0 Å². The van der Waals surface area contributed by atoms with Crippen LogP contribution in [0.1, 0.15) is 5.56 Å². The zero-order chi connectivity index (χ0) is 12.5. The third kappa shape index (κ3) is 3.16. The van der Waals surface area contributed by atoms with Gasteiger partial charge in [0, 0.05) is 5.02 Å². The summed E-state index contributed by atoms with van der Waals surface area (Å²) in [5.74, 6) is 0. The number of hydrogen-bond donors (Lipinski definition) is 3. The van der Waals surface area contributed by atoms with Crippen molar-refractivity contribution in [2.45, 2.75) is 11.8 Å². The molecule has 3 N–H and O–H groups in total. The molecule has 0 amide bonds. The molecule has 1 unspecified atom stereocenters. The van der Waals surface area contributed by atoms with Gasteiger partial charge in [-0.05, 0) is 24.6 Å². The highest BCUT2D eigenvalue weighted by Crippen LogP contribution is 2.28. The summed E-state index contributed by atoms with van der Waals surface area (Å²) >= 11 is 3.36. The van der Waals surface area contributed by atoms with E-state index in [0.717, 1.165) is 12.1 Å². The molecule has 0 aliphatic heterocycles. The van der Waals surface area contributed by atoms with E-state index in [1.54, 1.807) is 0 Å². The third-order valence-corrected chi connectivity index (χ3v) is 3.43. The van der Waals surface area contributed by atoms with Crippen molar-refractivity contribution in [2.24, 2.45) is 0 Å². The Labute approximate surface area is 99.8 Å². The molecule has 90 valence electrons. The second kappa shape index (κ2) is 4.68. The molecule has 6 nitrogen and oxygen atoms in total. The lowest BCUT2D eigenvalue weighted by Crippen LogP contribution is -2.06. The Kier molecular flexibility index (Phi) is 3.92. The molecule has 0 heterocycles. The van der Waals surface area contributed by atoms with Crippen molar-refractivity contribution in [2.75, 3.05) is 4.72 Å². The smallest absolute Gasteiger partial charge is 0.289 e. The second-order valence-electron chi connectivity index (χ2n) is 2.90. The third-order valence-electron chi connectivity index (χ3n) is 1.81. The van der Waals surface area contributed by atoms with Crippen LogP contribution < -0.4 is 4.72 Å². The molecule has 0 spiro atoms. The Morgan fingerprint density at radius 3 is 2.44 bits per heavy atom. The maximum absolute atomic E-state index is 10.9.